The topological polar surface area (TPSA) is 93.6 Å². The first-order valence-corrected chi connectivity index (χ1v) is 4.76. The van der Waals surface area contributed by atoms with Crippen LogP contribution >= 0.6 is 0 Å². The molecule has 0 bridgehead atoms. The van der Waals surface area contributed by atoms with Gasteiger partial charge in [0.15, 0.2) is 0 Å². The molecule has 0 aliphatic heterocycles. The second-order valence-electron chi connectivity index (χ2n) is 3.39. The van der Waals surface area contributed by atoms with Gasteiger partial charge in [-0.15, -0.1) is 0 Å². The van der Waals surface area contributed by atoms with E-state index in [1.807, 2.05) is 0 Å². The molecule has 1 N–H and O–H groups in total. The molecule has 92 valence electrons. The minimum atomic E-state index is -1.27. The van der Waals surface area contributed by atoms with Gasteiger partial charge in [0.2, 0.25) is 5.76 Å². The summed E-state index contributed by atoms with van der Waals surface area (Å²) in [6.45, 7) is 0. The zero-order valence-electron chi connectivity index (χ0n) is 8.79. The van der Waals surface area contributed by atoms with Crippen LogP contribution in [0.5, 0.6) is 0 Å². The lowest BCUT2D eigenvalue weighted by Crippen LogP contribution is -1.92. The molecular weight excluding hydrogens is 245 g/mol. The number of nitro groups is 1. The molecule has 18 heavy (non-hydrogen) atoms. The normalized spacial score (nSPS) is 10.3. The number of carbonyl (C=O) groups is 1. The van der Waals surface area contributed by atoms with Crippen LogP contribution in [0.15, 0.2) is 34.7 Å². The summed E-state index contributed by atoms with van der Waals surface area (Å²) in [7, 11) is 0. The van der Waals surface area contributed by atoms with Gasteiger partial charge in [-0.2, -0.15) is 0 Å². The van der Waals surface area contributed by atoms with Gasteiger partial charge in [0.05, 0.1) is 16.6 Å². The van der Waals surface area contributed by atoms with Gasteiger partial charge < -0.3 is 9.52 Å². The smallest absolute Gasteiger partial charge is 0.371 e. The van der Waals surface area contributed by atoms with Crippen molar-refractivity contribution in [3.63, 3.8) is 0 Å². The molecule has 6 nitrogen and oxygen atoms in total. The van der Waals surface area contributed by atoms with Crippen LogP contribution < -0.4 is 0 Å². The Hall–Kier alpha value is -2.70. The molecule has 0 fully saturated rings. The fourth-order valence-corrected chi connectivity index (χ4v) is 1.41. The van der Waals surface area contributed by atoms with Crippen molar-refractivity contribution in [2.75, 3.05) is 0 Å². The van der Waals surface area contributed by atoms with E-state index in [4.69, 9.17) is 9.52 Å². The molecule has 7 heteroatoms. The Bertz CT molecular complexity index is 634. The first kappa shape index (κ1) is 11.8. The number of nitro benzene ring substituents is 1. The van der Waals surface area contributed by atoms with E-state index in [9.17, 15) is 19.3 Å². The number of aromatic carboxylic acids is 1. The maximum Gasteiger partial charge on any atom is 0.371 e. The first-order chi connectivity index (χ1) is 8.49. The van der Waals surface area contributed by atoms with Crippen molar-refractivity contribution in [3.05, 3.63) is 52.0 Å². The lowest BCUT2D eigenvalue weighted by molar-refractivity contribution is -0.385. The third-order valence-corrected chi connectivity index (χ3v) is 2.25. The van der Waals surface area contributed by atoms with Gasteiger partial charge in [0, 0.05) is 6.07 Å². The fourth-order valence-electron chi connectivity index (χ4n) is 1.41. The molecule has 0 aliphatic rings. The van der Waals surface area contributed by atoms with E-state index in [1.54, 1.807) is 0 Å². The van der Waals surface area contributed by atoms with Crippen molar-refractivity contribution in [1.82, 2.24) is 0 Å². The van der Waals surface area contributed by atoms with E-state index in [2.05, 4.69) is 0 Å². The Labute approximate surface area is 99.4 Å². The first-order valence-electron chi connectivity index (χ1n) is 4.76. The minimum Gasteiger partial charge on any atom is -0.475 e. The van der Waals surface area contributed by atoms with E-state index in [0.29, 0.717) is 0 Å². The molecule has 0 saturated heterocycles. The molecule has 1 aromatic carbocycles. The summed E-state index contributed by atoms with van der Waals surface area (Å²) in [5.74, 6) is -2.46. The number of non-ortho nitro benzene ring substituents is 1. The van der Waals surface area contributed by atoms with Gasteiger partial charge in [-0.05, 0) is 18.2 Å². The van der Waals surface area contributed by atoms with Gasteiger partial charge in [-0.3, -0.25) is 10.1 Å². The maximum absolute atomic E-state index is 13.6. The lowest BCUT2D eigenvalue weighted by Gasteiger charge is -1.99. The van der Waals surface area contributed by atoms with Crippen LogP contribution in [0.2, 0.25) is 0 Å². The Morgan fingerprint density at radius 3 is 2.56 bits per heavy atom. The number of halogens is 1. The monoisotopic (exact) mass is 251 g/mol. The zero-order chi connectivity index (χ0) is 13.3. The summed E-state index contributed by atoms with van der Waals surface area (Å²) in [6, 6.07) is 5.49. The lowest BCUT2D eigenvalue weighted by atomic mass is 10.1. The molecule has 1 aromatic heterocycles. The van der Waals surface area contributed by atoms with E-state index in [0.717, 1.165) is 18.2 Å². The highest BCUT2D eigenvalue weighted by Gasteiger charge is 2.16. The highest BCUT2D eigenvalue weighted by atomic mass is 19.1. The SMILES string of the molecule is O=C(O)c1ccc(-c2ccc([N+](=O)[O-])cc2F)o1. The Morgan fingerprint density at radius 1 is 1.33 bits per heavy atom. The van der Waals surface area contributed by atoms with Crippen LogP contribution in [0.25, 0.3) is 11.3 Å². The van der Waals surface area contributed by atoms with Gasteiger partial charge >= 0.3 is 5.97 Å². The number of rotatable bonds is 3. The second kappa shape index (κ2) is 4.28. The van der Waals surface area contributed by atoms with E-state index < -0.39 is 16.7 Å². The summed E-state index contributed by atoms with van der Waals surface area (Å²) in [4.78, 5) is 20.3. The molecule has 0 amide bonds. The summed E-state index contributed by atoms with van der Waals surface area (Å²) < 4.78 is 18.5. The second-order valence-corrected chi connectivity index (χ2v) is 3.39. The van der Waals surface area contributed by atoms with Crippen LogP contribution in [-0.2, 0) is 0 Å². The van der Waals surface area contributed by atoms with E-state index in [1.165, 1.54) is 12.1 Å². The van der Waals surface area contributed by atoms with E-state index >= 15 is 0 Å². The number of benzene rings is 1. The zero-order valence-corrected chi connectivity index (χ0v) is 8.79. The highest BCUT2D eigenvalue weighted by molar-refractivity contribution is 5.85. The molecule has 2 aromatic rings. The van der Waals surface area contributed by atoms with Crippen LogP contribution in [-0.4, -0.2) is 16.0 Å². The fraction of sp³-hybridized carbons (Fsp3) is 0. The average molecular weight is 251 g/mol. The van der Waals surface area contributed by atoms with Crippen LogP contribution in [0, 0.1) is 15.9 Å². The molecule has 1 heterocycles. The van der Waals surface area contributed by atoms with Crippen molar-refractivity contribution in [1.29, 1.82) is 0 Å². The molecular formula is C11H6FNO5. The average Bonchev–Trinajstić information content (AvgIpc) is 2.78. The molecule has 0 aliphatic carbocycles. The van der Waals surface area contributed by atoms with Crippen LogP contribution in [0.4, 0.5) is 10.1 Å². The molecule has 0 spiro atoms. The van der Waals surface area contributed by atoms with Crippen molar-refractivity contribution in [2.45, 2.75) is 0 Å². The summed E-state index contributed by atoms with van der Waals surface area (Å²) in [6.07, 6.45) is 0. The molecule has 0 radical (unpaired) electrons. The number of furan rings is 1. The molecule has 0 atom stereocenters. The van der Waals surface area contributed by atoms with Crippen molar-refractivity contribution >= 4 is 11.7 Å². The third kappa shape index (κ3) is 2.05. The van der Waals surface area contributed by atoms with Crippen LogP contribution in [0.1, 0.15) is 10.6 Å². The Morgan fingerprint density at radius 2 is 2.06 bits per heavy atom. The van der Waals surface area contributed by atoms with Crippen molar-refractivity contribution < 1.29 is 23.6 Å². The predicted octanol–water partition coefficient (Wildman–Crippen LogP) is 2.69. The molecule has 2 rings (SSSR count). The van der Waals surface area contributed by atoms with Gasteiger partial charge in [0.1, 0.15) is 11.6 Å². The van der Waals surface area contributed by atoms with E-state index in [-0.39, 0.29) is 22.8 Å². The predicted molar refractivity (Wildman–Crippen MR) is 57.7 cm³/mol. The number of hydrogen-bond acceptors (Lipinski definition) is 4. The van der Waals surface area contributed by atoms with Crippen LogP contribution in [0.3, 0.4) is 0 Å². The molecule has 0 saturated carbocycles. The summed E-state index contributed by atoms with van der Waals surface area (Å²) in [5.41, 5.74) is -0.422. The van der Waals surface area contributed by atoms with Gasteiger partial charge in [-0.25, -0.2) is 9.18 Å². The standard InChI is InChI=1S/C11H6FNO5/c12-8-5-6(13(16)17)1-2-7(8)9-3-4-10(18-9)11(14)15/h1-5H,(H,14,15). The minimum absolute atomic E-state index is 0.000187. The molecule has 0 unspecified atom stereocenters. The number of nitrogens with zero attached hydrogens (tertiary/aromatic N) is 1. The summed E-state index contributed by atoms with van der Waals surface area (Å²) in [5, 5.41) is 19.1. The third-order valence-electron chi connectivity index (χ3n) is 2.25. The van der Waals surface area contributed by atoms with Gasteiger partial charge in [-0.1, -0.05) is 0 Å². The Kier molecular flexibility index (Phi) is 2.80. The number of carboxylic acid groups (broad SMARTS) is 1. The number of carboxylic acids is 1. The Balaban J connectivity index is 2.44. The largest absolute Gasteiger partial charge is 0.475 e. The number of hydrogen-bond donors (Lipinski definition) is 1. The summed E-state index contributed by atoms with van der Waals surface area (Å²) >= 11 is 0. The van der Waals surface area contributed by atoms with Gasteiger partial charge in [0.25, 0.3) is 5.69 Å². The highest BCUT2D eigenvalue weighted by Crippen LogP contribution is 2.27. The maximum atomic E-state index is 13.6. The van der Waals surface area contributed by atoms with Crippen molar-refractivity contribution in [2.24, 2.45) is 0 Å². The quantitative estimate of drug-likeness (QED) is 0.668. The van der Waals surface area contributed by atoms with Crippen molar-refractivity contribution in [3.8, 4) is 11.3 Å².